The maximum absolute atomic E-state index is 10.5. The highest BCUT2D eigenvalue weighted by atomic mass is 16.5. The van der Waals surface area contributed by atoms with Crippen LogP contribution in [-0.2, 0) is 22.7 Å². The molecule has 2 aliphatic rings. The van der Waals surface area contributed by atoms with Crippen LogP contribution in [-0.4, -0.2) is 17.8 Å². The minimum atomic E-state index is -0.414. The smallest absolute Gasteiger partial charge is 0.0843 e. The van der Waals surface area contributed by atoms with Crippen LogP contribution in [0.3, 0.4) is 0 Å². The molecule has 3 rings (SSSR count). The van der Waals surface area contributed by atoms with Crippen LogP contribution in [0.25, 0.3) is 0 Å². The Morgan fingerprint density at radius 2 is 2.17 bits per heavy atom. The zero-order valence-electron chi connectivity index (χ0n) is 10.8. The van der Waals surface area contributed by atoms with E-state index in [4.69, 9.17) is 9.47 Å². The zero-order valence-corrected chi connectivity index (χ0v) is 10.8. The third-order valence-electron chi connectivity index (χ3n) is 4.16. The Morgan fingerprint density at radius 3 is 3.00 bits per heavy atom. The summed E-state index contributed by atoms with van der Waals surface area (Å²) in [6.07, 6.45) is 1.70. The highest BCUT2D eigenvalue weighted by Crippen LogP contribution is 2.36. The zero-order chi connectivity index (χ0) is 12.5. The maximum Gasteiger partial charge on any atom is 0.0843 e. The Bertz CT molecular complexity index is 430. The van der Waals surface area contributed by atoms with Crippen LogP contribution >= 0.6 is 0 Å². The van der Waals surface area contributed by atoms with E-state index in [9.17, 15) is 5.11 Å². The van der Waals surface area contributed by atoms with Crippen molar-refractivity contribution in [1.29, 1.82) is 0 Å². The van der Waals surface area contributed by atoms with Gasteiger partial charge < -0.3 is 14.6 Å². The number of aliphatic hydroxyl groups is 1. The van der Waals surface area contributed by atoms with E-state index in [1.807, 2.05) is 6.07 Å². The molecule has 0 amide bonds. The van der Waals surface area contributed by atoms with Crippen LogP contribution < -0.4 is 0 Å². The van der Waals surface area contributed by atoms with Gasteiger partial charge in [0.1, 0.15) is 0 Å². The van der Waals surface area contributed by atoms with Crippen molar-refractivity contribution in [3.63, 3.8) is 0 Å². The van der Waals surface area contributed by atoms with E-state index in [2.05, 4.69) is 19.1 Å². The van der Waals surface area contributed by atoms with Gasteiger partial charge in [-0.1, -0.05) is 25.1 Å². The summed E-state index contributed by atoms with van der Waals surface area (Å²) in [5.74, 6) is 0.232. The van der Waals surface area contributed by atoms with Gasteiger partial charge >= 0.3 is 0 Å². The molecule has 1 fully saturated rings. The van der Waals surface area contributed by atoms with Gasteiger partial charge in [0, 0.05) is 12.5 Å². The third kappa shape index (κ3) is 2.07. The highest BCUT2D eigenvalue weighted by Gasteiger charge is 2.33. The Kier molecular flexibility index (Phi) is 3.37. The van der Waals surface area contributed by atoms with Gasteiger partial charge in [-0.3, -0.25) is 0 Å². The van der Waals surface area contributed by atoms with Crippen molar-refractivity contribution in [1.82, 2.24) is 0 Å². The summed E-state index contributed by atoms with van der Waals surface area (Å²) >= 11 is 0. The third-order valence-corrected chi connectivity index (χ3v) is 4.16. The minimum absolute atomic E-state index is 0.199. The van der Waals surface area contributed by atoms with E-state index in [-0.39, 0.29) is 12.0 Å². The molecule has 1 saturated heterocycles. The van der Waals surface area contributed by atoms with Crippen LogP contribution in [0.2, 0.25) is 0 Å². The summed E-state index contributed by atoms with van der Waals surface area (Å²) in [4.78, 5) is 0. The lowest BCUT2D eigenvalue weighted by Crippen LogP contribution is -2.22. The van der Waals surface area contributed by atoms with E-state index in [1.165, 1.54) is 11.1 Å². The number of fused-ring (bicyclic) bond motifs is 1. The molecule has 98 valence electrons. The normalized spacial score (nSPS) is 28.3. The molecule has 0 aromatic heterocycles. The van der Waals surface area contributed by atoms with Gasteiger partial charge in [0.05, 0.1) is 25.4 Å². The molecular formula is C15H20O3. The standard InChI is InChI=1S/C15H20O3/c1-2-14-13(5-6-18-14)15(16)10-3-4-11-8-17-9-12(11)7-10/h3-4,7,13-16H,2,5-6,8-9H2,1H3. The molecule has 0 saturated carbocycles. The first kappa shape index (κ1) is 12.2. The Labute approximate surface area is 108 Å². The van der Waals surface area contributed by atoms with Crippen LogP contribution in [0.4, 0.5) is 0 Å². The molecule has 1 aromatic carbocycles. The van der Waals surface area contributed by atoms with Crippen molar-refractivity contribution in [2.45, 2.75) is 45.2 Å². The van der Waals surface area contributed by atoms with Gasteiger partial charge in [0.25, 0.3) is 0 Å². The van der Waals surface area contributed by atoms with Crippen molar-refractivity contribution >= 4 is 0 Å². The lowest BCUT2D eigenvalue weighted by Gasteiger charge is -2.23. The van der Waals surface area contributed by atoms with Gasteiger partial charge in [-0.25, -0.2) is 0 Å². The number of rotatable bonds is 3. The largest absolute Gasteiger partial charge is 0.388 e. The van der Waals surface area contributed by atoms with Gasteiger partial charge in [-0.15, -0.1) is 0 Å². The summed E-state index contributed by atoms with van der Waals surface area (Å²) in [6, 6.07) is 6.21. The molecule has 2 heterocycles. The average Bonchev–Trinajstić information content (AvgIpc) is 3.05. The fraction of sp³-hybridized carbons (Fsp3) is 0.600. The Morgan fingerprint density at radius 1 is 1.33 bits per heavy atom. The van der Waals surface area contributed by atoms with E-state index in [1.54, 1.807) is 0 Å². The maximum atomic E-state index is 10.5. The molecule has 3 atom stereocenters. The van der Waals surface area contributed by atoms with Crippen LogP contribution in [0.5, 0.6) is 0 Å². The van der Waals surface area contributed by atoms with Gasteiger partial charge in [-0.2, -0.15) is 0 Å². The number of hydrogen-bond donors (Lipinski definition) is 1. The summed E-state index contributed by atoms with van der Waals surface area (Å²) < 4.78 is 11.1. The van der Waals surface area contributed by atoms with E-state index in [0.717, 1.165) is 25.0 Å². The molecule has 3 heteroatoms. The molecule has 2 aliphatic heterocycles. The molecule has 0 spiro atoms. The van der Waals surface area contributed by atoms with Gasteiger partial charge in [0.15, 0.2) is 0 Å². The topological polar surface area (TPSA) is 38.7 Å². The van der Waals surface area contributed by atoms with Crippen LogP contribution in [0.15, 0.2) is 18.2 Å². The van der Waals surface area contributed by atoms with E-state index < -0.39 is 6.10 Å². The molecule has 0 radical (unpaired) electrons. The molecule has 18 heavy (non-hydrogen) atoms. The first-order valence-electron chi connectivity index (χ1n) is 6.78. The number of aliphatic hydroxyl groups excluding tert-OH is 1. The summed E-state index contributed by atoms with van der Waals surface area (Å²) in [6.45, 7) is 4.27. The summed E-state index contributed by atoms with van der Waals surface area (Å²) in [7, 11) is 0. The fourth-order valence-corrected chi connectivity index (χ4v) is 3.07. The van der Waals surface area contributed by atoms with Crippen molar-refractivity contribution in [2.24, 2.45) is 5.92 Å². The first-order chi connectivity index (χ1) is 8.79. The van der Waals surface area contributed by atoms with Crippen molar-refractivity contribution in [3.8, 4) is 0 Å². The average molecular weight is 248 g/mol. The van der Waals surface area contributed by atoms with E-state index in [0.29, 0.717) is 13.2 Å². The molecule has 0 bridgehead atoms. The quantitative estimate of drug-likeness (QED) is 0.893. The van der Waals surface area contributed by atoms with E-state index >= 15 is 0 Å². The molecule has 1 N–H and O–H groups in total. The molecule has 1 aromatic rings. The number of hydrogen-bond acceptors (Lipinski definition) is 3. The van der Waals surface area contributed by atoms with Crippen molar-refractivity contribution in [3.05, 3.63) is 34.9 Å². The lowest BCUT2D eigenvalue weighted by molar-refractivity contribution is 0.0307. The molecule has 0 aliphatic carbocycles. The molecule has 3 nitrogen and oxygen atoms in total. The van der Waals surface area contributed by atoms with Crippen molar-refractivity contribution < 1.29 is 14.6 Å². The Hall–Kier alpha value is -0.900. The summed E-state index contributed by atoms with van der Waals surface area (Å²) in [5, 5.41) is 10.5. The van der Waals surface area contributed by atoms with Gasteiger partial charge in [0.2, 0.25) is 0 Å². The fourth-order valence-electron chi connectivity index (χ4n) is 3.07. The monoisotopic (exact) mass is 248 g/mol. The highest BCUT2D eigenvalue weighted by molar-refractivity contribution is 5.34. The van der Waals surface area contributed by atoms with Crippen molar-refractivity contribution in [2.75, 3.05) is 6.61 Å². The second-order valence-electron chi connectivity index (χ2n) is 5.24. The van der Waals surface area contributed by atoms with Crippen LogP contribution in [0, 0.1) is 5.92 Å². The number of benzene rings is 1. The SMILES string of the molecule is CCC1OCCC1C(O)c1ccc2c(c1)COC2. The minimum Gasteiger partial charge on any atom is -0.388 e. The predicted molar refractivity (Wildman–Crippen MR) is 68.0 cm³/mol. The molecule has 3 unspecified atom stereocenters. The number of ether oxygens (including phenoxy) is 2. The molecular weight excluding hydrogens is 228 g/mol. The summed E-state index contributed by atoms with van der Waals surface area (Å²) in [5.41, 5.74) is 3.48. The first-order valence-corrected chi connectivity index (χ1v) is 6.78. The second kappa shape index (κ2) is 5.00. The van der Waals surface area contributed by atoms with Crippen LogP contribution in [0.1, 0.15) is 42.6 Å². The predicted octanol–water partition coefficient (Wildman–Crippen LogP) is 2.57. The second-order valence-corrected chi connectivity index (χ2v) is 5.24. The lowest BCUT2D eigenvalue weighted by atomic mass is 9.88. The Balaban J connectivity index is 1.81. The van der Waals surface area contributed by atoms with Gasteiger partial charge in [-0.05, 0) is 29.5 Å².